The van der Waals surface area contributed by atoms with E-state index in [0.717, 1.165) is 31.7 Å². The van der Waals surface area contributed by atoms with E-state index < -0.39 is 0 Å². The number of benzene rings is 1. The number of carbonyl (C=O) groups excluding carboxylic acids is 1. The predicted molar refractivity (Wildman–Crippen MR) is 82.9 cm³/mol. The van der Waals surface area contributed by atoms with Crippen LogP contribution in [0.5, 0.6) is 0 Å². The Kier molecular flexibility index (Phi) is 4.35. The largest absolute Gasteiger partial charge is 0.336 e. The number of rotatable bonds is 2. The lowest BCUT2D eigenvalue weighted by atomic mass is 10.1. The van der Waals surface area contributed by atoms with Gasteiger partial charge in [0.2, 0.25) is 0 Å². The van der Waals surface area contributed by atoms with Gasteiger partial charge in [0.15, 0.2) is 0 Å². The Bertz CT molecular complexity index is 437. The molecule has 3 rings (SSSR count). The molecule has 19 heavy (non-hydrogen) atoms. The molecule has 102 valence electrons. The van der Waals surface area contributed by atoms with Crippen molar-refractivity contribution in [3.8, 4) is 0 Å². The Morgan fingerprint density at radius 3 is 2.37 bits per heavy atom. The highest BCUT2D eigenvalue weighted by Crippen LogP contribution is 2.45. The van der Waals surface area contributed by atoms with Gasteiger partial charge in [-0.2, -0.15) is 0 Å². The van der Waals surface area contributed by atoms with E-state index >= 15 is 0 Å². The van der Waals surface area contributed by atoms with E-state index in [1.54, 1.807) is 0 Å². The van der Waals surface area contributed by atoms with Gasteiger partial charge in [-0.15, -0.1) is 23.5 Å². The predicted octanol–water partition coefficient (Wildman–Crippen LogP) is 2.21. The summed E-state index contributed by atoms with van der Waals surface area (Å²) in [5.74, 6) is 2.63. The van der Waals surface area contributed by atoms with Gasteiger partial charge in [0.1, 0.15) is 0 Å². The third kappa shape index (κ3) is 3.09. The van der Waals surface area contributed by atoms with Crippen molar-refractivity contribution < 1.29 is 4.79 Å². The van der Waals surface area contributed by atoms with Gasteiger partial charge in [-0.25, -0.2) is 0 Å². The van der Waals surface area contributed by atoms with Crippen LogP contribution in [0.4, 0.5) is 0 Å². The van der Waals surface area contributed by atoms with Crippen LogP contribution in [0.25, 0.3) is 0 Å². The summed E-state index contributed by atoms with van der Waals surface area (Å²) in [6, 6.07) is 8.20. The summed E-state index contributed by atoms with van der Waals surface area (Å²) in [4.78, 5) is 14.3. The topological polar surface area (TPSA) is 32.3 Å². The number of nitrogens with one attached hydrogen (secondary N) is 1. The van der Waals surface area contributed by atoms with Crippen molar-refractivity contribution in [3.63, 3.8) is 0 Å². The van der Waals surface area contributed by atoms with Gasteiger partial charge in [0, 0.05) is 43.2 Å². The van der Waals surface area contributed by atoms with Gasteiger partial charge < -0.3 is 10.2 Å². The molecule has 0 spiro atoms. The first-order valence-electron chi connectivity index (χ1n) is 6.68. The maximum atomic E-state index is 12.3. The summed E-state index contributed by atoms with van der Waals surface area (Å²) in [7, 11) is 0. The van der Waals surface area contributed by atoms with Crippen LogP contribution in [0, 0.1) is 0 Å². The lowest BCUT2D eigenvalue weighted by Gasteiger charge is -2.27. The zero-order valence-corrected chi connectivity index (χ0v) is 12.4. The molecule has 2 aliphatic heterocycles. The normalized spacial score (nSPS) is 20.7. The Morgan fingerprint density at radius 2 is 1.74 bits per heavy atom. The molecule has 2 heterocycles. The molecule has 2 saturated heterocycles. The minimum Gasteiger partial charge on any atom is -0.336 e. The molecule has 5 heteroatoms. The van der Waals surface area contributed by atoms with Crippen molar-refractivity contribution in [3.05, 3.63) is 35.4 Å². The molecule has 1 aromatic rings. The Labute approximate surface area is 122 Å². The van der Waals surface area contributed by atoms with Gasteiger partial charge >= 0.3 is 0 Å². The van der Waals surface area contributed by atoms with Crippen LogP contribution >= 0.6 is 23.5 Å². The molecule has 1 aromatic carbocycles. The summed E-state index contributed by atoms with van der Waals surface area (Å²) in [5, 5.41) is 3.27. The zero-order valence-electron chi connectivity index (χ0n) is 10.8. The number of carbonyl (C=O) groups is 1. The fraction of sp³-hybridized carbons (Fsp3) is 0.500. The lowest BCUT2D eigenvalue weighted by Crippen LogP contribution is -2.46. The monoisotopic (exact) mass is 294 g/mol. The van der Waals surface area contributed by atoms with Crippen molar-refractivity contribution in [1.29, 1.82) is 0 Å². The van der Waals surface area contributed by atoms with Crippen molar-refractivity contribution >= 4 is 29.4 Å². The molecule has 0 saturated carbocycles. The number of nitrogens with zero attached hydrogens (tertiary/aromatic N) is 1. The second-order valence-electron chi connectivity index (χ2n) is 4.74. The standard InChI is InChI=1S/C14H18N2OS2/c17-13(16-7-5-15-6-8-16)11-1-3-12(4-2-11)14-18-9-10-19-14/h1-4,14-15H,5-10H2. The maximum absolute atomic E-state index is 12.3. The van der Waals surface area contributed by atoms with Gasteiger partial charge in [0.05, 0.1) is 4.58 Å². The van der Waals surface area contributed by atoms with Crippen molar-refractivity contribution in [1.82, 2.24) is 10.2 Å². The summed E-state index contributed by atoms with van der Waals surface area (Å²) >= 11 is 3.99. The van der Waals surface area contributed by atoms with Gasteiger partial charge in [-0.3, -0.25) is 4.79 Å². The Balaban J connectivity index is 1.69. The summed E-state index contributed by atoms with van der Waals surface area (Å²) in [6.07, 6.45) is 0. The second-order valence-corrected chi connectivity index (χ2v) is 7.46. The molecule has 0 unspecified atom stereocenters. The molecule has 0 aliphatic carbocycles. The highest BCUT2D eigenvalue weighted by molar-refractivity contribution is 8.19. The second kappa shape index (κ2) is 6.20. The fourth-order valence-corrected chi connectivity index (χ4v) is 5.24. The summed E-state index contributed by atoms with van der Waals surface area (Å²) in [6.45, 7) is 3.43. The Morgan fingerprint density at radius 1 is 1.11 bits per heavy atom. The molecular formula is C14H18N2OS2. The van der Waals surface area contributed by atoms with Crippen molar-refractivity contribution in [2.75, 3.05) is 37.7 Å². The molecule has 3 nitrogen and oxygen atoms in total. The molecule has 0 aromatic heterocycles. The lowest BCUT2D eigenvalue weighted by molar-refractivity contribution is 0.0736. The highest BCUT2D eigenvalue weighted by Gasteiger charge is 2.20. The quantitative estimate of drug-likeness (QED) is 0.906. The molecule has 2 fully saturated rings. The van der Waals surface area contributed by atoms with Crippen molar-refractivity contribution in [2.24, 2.45) is 0 Å². The zero-order chi connectivity index (χ0) is 13.1. The minimum absolute atomic E-state index is 0.166. The summed E-state index contributed by atoms with van der Waals surface area (Å²) < 4.78 is 0.559. The highest BCUT2D eigenvalue weighted by atomic mass is 32.2. The van der Waals surface area contributed by atoms with Crippen molar-refractivity contribution in [2.45, 2.75) is 4.58 Å². The molecular weight excluding hydrogens is 276 g/mol. The average molecular weight is 294 g/mol. The van der Waals surface area contributed by atoms with Crippen LogP contribution in [0.1, 0.15) is 20.5 Å². The third-order valence-electron chi connectivity index (χ3n) is 3.46. The maximum Gasteiger partial charge on any atom is 0.253 e. The van der Waals surface area contributed by atoms with E-state index in [9.17, 15) is 4.79 Å². The van der Waals surface area contributed by atoms with E-state index in [4.69, 9.17) is 0 Å². The number of thioether (sulfide) groups is 2. The van der Waals surface area contributed by atoms with Gasteiger partial charge in [-0.05, 0) is 17.7 Å². The van der Waals surface area contributed by atoms with Gasteiger partial charge in [0.25, 0.3) is 5.91 Å². The number of amides is 1. The molecule has 1 N–H and O–H groups in total. The molecule has 0 bridgehead atoms. The third-order valence-corrected chi connectivity index (χ3v) is 6.56. The van der Waals surface area contributed by atoms with E-state index in [1.807, 2.05) is 40.6 Å². The molecule has 0 atom stereocenters. The van der Waals surface area contributed by atoms with Crippen LogP contribution < -0.4 is 5.32 Å². The number of piperazine rings is 1. The molecule has 0 radical (unpaired) electrons. The van der Waals surface area contributed by atoms with Crippen LogP contribution in [-0.2, 0) is 0 Å². The first-order chi connectivity index (χ1) is 9.34. The Hall–Kier alpha value is -0.650. The first kappa shape index (κ1) is 13.3. The molecule has 2 aliphatic rings. The van der Waals surface area contributed by atoms with E-state index in [-0.39, 0.29) is 5.91 Å². The van der Waals surface area contributed by atoms with E-state index in [2.05, 4.69) is 17.4 Å². The van der Waals surface area contributed by atoms with Crippen LogP contribution in [0.15, 0.2) is 24.3 Å². The number of hydrogen-bond donors (Lipinski definition) is 1. The smallest absolute Gasteiger partial charge is 0.253 e. The first-order valence-corrected chi connectivity index (χ1v) is 8.77. The average Bonchev–Trinajstić information content (AvgIpc) is 3.02. The number of hydrogen-bond acceptors (Lipinski definition) is 4. The van der Waals surface area contributed by atoms with Crippen LogP contribution in [-0.4, -0.2) is 48.5 Å². The van der Waals surface area contributed by atoms with Crippen LogP contribution in [0.3, 0.4) is 0 Å². The van der Waals surface area contributed by atoms with E-state index in [1.165, 1.54) is 17.1 Å². The minimum atomic E-state index is 0.166. The molecule has 1 amide bonds. The van der Waals surface area contributed by atoms with E-state index in [0.29, 0.717) is 4.58 Å². The SMILES string of the molecule is O=C(c1ccc(C2SCCS2)cc1)N1CCNCC1. The van der Waals surface area contributed by atoms with Crippen LogP contribution in [0.2, 0.25) is 0 Å². The summed E-state index contributed by atoms with van der Waals surface area (Å²) in [5.41, 5.74) is 2.16. The van der Waals surface area contributed by atoms with Gasteiger partial charge in [-0.1, -0.05) is 12.1 Å². The fourth-order valence-electron chi connectivity index (χ4n) is 2.38.